The Kier molecular flexibility index (Phi) is 5.40. The number of nitrogens with one attached hydrogen (secondary N) is 1. The molecule has 0 aliphatic rings. The number of benzene rings is 1. The van der Waals surface area contributed by atoms with Gasteiger partial charge in [-0.25, -0.2) is 8.78 Å². The number of hydrogen-bond acceptors (Lipinski definition) is 4. The van der Waals surface area contributed by atoms with Crippen molar-refractivity contribution >= 4 is 21.9 Å². The van der Waals surface area contributed by atoms with Gasteiger partial charge in [0.15, 0.2) is 0 Å². The highest BCUT2D eigenvalue weighted by Crippen LogP contribution is 2.20. The standard InChI is InChI=1S/C11H14F2N2O4S/c1-15(7-6-10(16)19-2)20(17,18)14-11-8(12)4-3-5-9(11)13/h3-5,14H,6-7H2,1-2H3. The summed E-state index contributed by atoms with van der Waals surface area (Å²) in [5.41, 5.74) is -0.766. The molecular formula is C11H14F2N2O4S. The summed E-state index contributed by atoms with van der Waals surface area (Å²) in [5, 5.41) is 0. The van der Waals surface area contributed by atoms with E-state index in [9.17, 15) is 22.0 Å². The molecule has 0 bridgehead atoms. The molecular weight excluding hydrogens is 294 g/mol. The van der Waals surface area contributed by atoms with Gasteiger partial charge >= 0.3 is 16.2 Å². The van der Waals surface area contributed by atoms with Gasteiger partial charge in [0.1, 0.15) is 17.3 Å². The third-order valence-electron chi connectivity index (χ3n) is 2.46. The molecule has 6 nitrogen and oxygen atoms in total. The Hall–Kier alpha value is -1.74. The maximum absolute atomic E-state index is 13.4. The van der Waals surface area contributed by atoms with Crippen LogP contribution in [0.25, 0.3) is 0 Å². The van der Waals surface area contributed by atoms with Crippen molar-refractivity contribution in [3.63, 3.8) is 0 Å². The third kappa shape index (κ3) is 4.14. The van der Waals surface area contributed by atoms with E-state index in [1.165, 1.54) is 14.2 Å². The summed E-state index contributed by atoms with van der Waals surface area (Å²) in [6.07, 6.45) is -0.173. The van der Waals surface area contributed by atoms with Crippen molar-refractivity contribution in [3.05, 3.63) is 29.8 Å². The number of carbonyl (C=O) groups is 1. The topological polar surface area (TPSA) is 75.7 Å². The first kappa shape index (κ1) is 16.3. The largest absolute Gasteiger partial charge is 0.469 e. The molecule has 1 rings (SSSR count). The molecule has 0 atom stereocenters. The molecule has 0 aromatic heterocycles. The first-order chi connectivity index (χ1) is 9.27. The Morgan fingerprint density at radius 1 is 1.35 bits per heavy atom. The van der Waals surface area contributed by atoms with Gasteiger partial charge in [-0.1, -0.05) is 6.07 Å². The smallest absolute Gasteiger partial charge is 0.306 e. The van der Waals surface area contributed by atoms with Gasteiger partial charge < -0.3 is 4.74 Å². The van der Waals surface area contributed by atoms with Crippen molar-refractivity contribution in [2.24, 2.45) is 0 Å². The monoisotopic (exact) mass is 308 g/mol. The zero-order valence-corrected chi connectivity index (χ0v) is 11.7. The lowest BCUT2D eigenvalue weighted by Crippen LogP contribution is -2.34. The van der Waals surface area contributed by atoms with E-state index in [1.54, 1.807) is 4.72 Å². The molecule has 0 unspecified atom stereocenters. The van der Waals surface area contributed by atoms with Crippen molar-refractivity contribution in [1.29, 1.82) is 0 Å². The molecule has 9 heteroatoms. The van der Waals surface area contributed by atoms with Crippen LogP contribution in [0.1, 0.15) is 6.42 Å². The number of esters is 1. The fourth-order valence-corrected chi connectivity index (χ4v) is 2.21. The number of ether oxygens (including phenoxy) is 1. The summed E-state index contributed by atoms with van der Waals surface area (Å²) in [5.74, 6) is -2.66. The molecule has 20 heavy (non-hydrogen) atoms. The molecule has 1 N–H and O–H groups in total. The fraction of sp³-hybridized carbons (Fsp3) is 0.364. The minimum Gasteiger partial charge on any atom is -0.469 e. The predicted octanol–water partition coefficient (Wildman–Crippen LogP) is 1.12. The number of carbonyl (C=O) groups excluding carboxylic acids is 1. The predicted molar refractivity (Wildman–Crippen MR) is 68.2 cm³/mol. The van der Waals surface area contributed by atoms with Crippen LogP contribution >= 0.6 is 0 Å². The van der Waals surface area contributed by atoms with E-state index in [4.69, 9.17) is 0 Å². The van der Waals surface area contributed by atoms with Crippen LogP contribution in [0.3, 0.4) is 0 Å². The number of methoxy groups -OCH3 is 1. The highest BCUT2D eigenvalue weighted by molar-refractivity contribution is 7.90. The van der Waals surface area contributed by atoms with Crippen LogP contribution in [-0.2, 0) is 19.7 Å². The Morgan fingerprint density at radius 2 is 1.90 bits per heavy atom. The minimum absolute atomic E-state index is 0.173. The second-order valence-electron chi connectivity index (χ2n) is 3.85. The van der Waals surface area contributed by atoms with E-state index in [0.29, 0.717) is 0 Å². The van der Waals surface area contributed by atoms with E-state index in [0.717, 1.165) is 22.5 Å². The molecule has 0 aliphatic carbocycles. The van der Waals surface area contributed by atoms with Gasteiger partial charge in [0.05, 0.1) is 13.5 Å². The van der Waals surface area contributed by atoms with Crippen LogP contribution in [0.15, 0.2) is 18.2 Å². The van der Waals surface area contributed by atoms with E-state index in [1.807, 2.05) is 0 Å². The number of halogens is 2. The quantitative estimate of drug-likeness (QED) is 0.799. The normalized spacial score (nSPS) is 11.4. The van der Waals surface area contributed by atoms with Gasteiger partial charge in [-0.2, -0.15) is 12.7 Å². The lowest BCUT2D eigenvalue weighted by atomic mass is 10.3. The molecule has 0 aliphatic heterocycles. The second-order valence-corrected chi connectivity index (χ2v) is 5.63. The molecule has 0 saturated heterocycles. The van der Waals surface area contributed by atoms with Gasteiger partial charge in [0.2, 0.25) is 0 Å². The maximum atomic E-state index is 13.4. The molecule has 1 aromatic rings. The first-order valence-electron chi connectivity index (χ1n) is 5.53. The Bertz CT molecular complexity index is 572. The minimum atomic E-state index is -4.17. The second kappa shape index (κ2) is 6.62. The third-order valence-corrected chi connectivity index (χ3v) is 3.93. The van der Waals surface area contributed by atoms with Crippen LogP contribution in [0.4, 0.5) is 14.5 Å². The number of rotatable bonds is 6. The van der Waals surface area contributed by atoms with E-state index < -0.39 is 33.5 Å². The lowest BCUT2D eigenvalue weighted by Gasteiger charge is -2.18. The number of hydrogen-bond donors (Lipinski definition) is 1. The first-order valence-corrected chi connectivity index (χ1v) is 6.97. The van der Waals surface area contributed by atoms with E-state index in [2.05, 4.69) is 4.74 Å². The lowest BCUT2D eigenvalue weighted by molar-refractivity contribution is -0.140. The zero-order chi connectivity index (χ0) is 15.3. The Morgan fingerprint density at radius 3 is 2.40 bits per heavy atom. The average molecular weight is 308 g/mol. The molecule has 0 spiro atoms. The van der Waals surface area contributed by atoms with Crippen molar-refractivity contribution in [3.8, 4) is 0 Å². The number of para-hydroxylation sites is 1. The summed E-state index contributed by atoms with van der Waals surface area (Å²) >= 11 is 0. The van der Waals surface area contributed by atoms with Crippen molar-refractivity contribution in [2.45, 2.75) is 6.42 Å². The molecule has 0 fully saturated rings. The van der Waals surface area contributed by atoms with Crippen LogP contribution < -0.4 is 4.72 Å². The Balaban J connectivity index is 2.82. The molecule has 112 valence electrons. The van der Waals surface area contributed by atoms with Gasteiger partial charge in [0.25, 0.3) is 0 Å². The van der Waals surface area contributed by atoms with Crippen LogP contribution in [0.5, 0.6) is 0 Å². The number of anilines is 1. The molecule has 0 radical (unpaired) electrons. The maximum Gasteiger partial charge on any atom is 0.306 e. The van der Waals surface area contributed by atoms with E-state index in [-0.39, 0.29) is 13.0 Å². The molecule has 0 heterocycles. The van der Waals surface area contributed by atoms with Crippen molar-refractivity contribution in [1.82, 2.24) is 4.31 Å². The van der Waals surface area contributed by atoms with Gasteiger partial charge in [-0.3, -0.25) is 9.52 Å². The van der Waals surface area contributed by atoms with Crippen LogP contribution in [-0.4, -0.2) is 39.4 Å². The summed E-state index contributed by atoms with van der Waals surface area (Å²) in [6.45, 7) is -0.182. The van der Waals surface area contributed by atoms with E-state index >= 15 is 0 Å². The van der Waals surface area contributed by atoms with Gasteiger partial charge in [-0.15, -0.1) is 0 Å². The highest BCUT2D eigenvalue weighted by Gasteiger charge is 2.22. The zero-order valence-electron chi connectivity index (χ0n) is 10.9. The van der Waals surface area contributed by atoms with Crippen LogP contribution in [0, 0.1) is 11.6 Å². The fourth-order valence-electron chi connectivity index (χ4n) is 1.27. The molecule has 0 saturated carbocycles. The van der Waals surface area contributed by atoms with Gasteiger partial charge in [-0.05, 0) is 12.1 Å². The Labute approximate surface area is 115 Å². The summed E-state index contributed by atoms with van der Waals surface area (Å²) in [6, 6.07) is 2.97. The summed E-state index contributed by atoms with van der Waals surface area (Å²) in [4.78, 5) is 10.9. The van der Waals surface area contributed by atoms with Crippen molar-refractivity contribution in [2.75, 3.05) is 25.4 Å². The molecule has 0 amide bonds. The van der Waals surface area contributed by atoms with Crippen molar-refractivity contribution < 1.29 is 26.7 Å². The number of nitrogens with zero attached hydrogens (tertiary/aromatic N) is 1. The molecule has 1 aromatic carbocycles. The highest BCUT2D eigenvalue weighted by atomic mass is 32.2. The summed E-state index contributed by atoms with van der Waals surface area (Å²) in [7, 11) is -1.83. The van der Waals surface area contributed by atoms with Gasteiger partial charge in [0, 0.05) is 13.6 Å². The average Bonchev–Trinajstić information content (AvgIpc) is 2.39. The SMILES string of the molecule is COC(=O)CCN(C)S(=O)(=O)Nc1c(F)cccc1F. The summed E-state index contributed by atoms with van der Waals surface area (Å²) < 4.78 is 57.3. The van der Waals surface area contributed by atoms with Crippen LogP contribution in [0.2, 0.25) is 0 Å².